The van der Waals surface area contributed by atoms with E-state index in [9.17, 15) is 27.1 Å². The zero-order valence-electron chi connectivity index (χ0n) is 10.3. The van der Waals surface area contributed by atoms with E-state index < -0.39 is 35.0 Å². The van der Waals surface area contributed by atoms with E-state index in [0.717, 1.165) is 18.2 Å². The molecule has 1 atom stereocenters. The molecule has 0 aliphatic carbocycles. The number of benzene rings is 2. The van der Waals surface area contributed by atoms with E-state index in [-0.39, 0.29) is 5.56 Å². The molecule has 112 valence electrons. The van der Waals surface area contributed by atoms with Gasteiger partial charge in [-0.05, 0) is 24.3 Å². The first-order chi connectivity index (χ1) is 9.71. The zero-order valence-corrected chi connectivity index (χ0v) is 11.8. The summed E-state index contributed by atoms with van der Waals surface area (Å²) in [6, 6.07) is 6.06. The van der Waals surface area contributed by atoms with E-state index in [2.05, 4.69) is 15.9 Å². The molecule has 1 nitrogen and oxygen atoms in total. The van der Waals surface area contributed by atoms with Crippen molar-refractivity contribution in [1.82, 2.24) is 0 Å². The second kappa shape index (κ2) is 5.73. The highest BCUT2D eigenvalue weighted by molar-refractivity contribution is 9.10. The summed E-state index contributed by atoms with van der Waals surface area (Å²) in [4.78, 5) is 0. The summed E-state index contributed by atoms with van der Waals surface area (Å²) >= 11 is 3.05. The topological polar surface area (TPSA) is 20.2 Å². The number of hydrogen-bond donors (Lipinski definition) is 1. The minimum absolute atomic E-state index is 0.317. The summed E-state index contributed by atoms with van der Waals surface area (Å²) in [6.07, 6.45) is -6.74. The highest BCUT2D eigenvalue weighted by atomic mass is 79.9. The molecule has 0 heterocycles. The van der Waals surface area contributed by atoms with E-state index in [4.69, 9.17) is 0 Å². The molecule has 2 rings (SSSR count). The lowest BCUT2D eigenvalue weighted by atomic mass is 9.98. The molecule has 1 N–H and O–H groups in total. The number of alkyl halides is 3. The van der Waals surface area contributed by atoms with Crippen molar-refractivity contribution in [3.05, 3.63) is 69.2 Å². The fourth-order valence-corrected chi connectivity index (χ4v) is 2.25. The third-order valence-electron chi connectivity index (χ3n) is 2.88. The SMILES string of the molecule is OC(c1cc(Br)ccc1F)c1cccc(C(F)(F)F)c1F. The predicted octanol–water partition coefficient (Wildman–Crippen LogP) is 4.83. The Morgan fingerprint density at radius 3 is 2.29 bits per heavy atom. The Balaban J connectivity index is 2.54. The van der Waals surface area contributed by atoms with Crippen LogP contribution in [0.15, 0.2) is 40.9 Å². The molecular formula is C14H8BrF5O. The Morgan fingerprint density at radius 2 is 1.67 bits per heavy atom. The molecule has 2 aromatic carbocycles. The lowest BCUT2D eigenvalue weighted by molar-refractivity contribution is -0.140. The second-order valence-electron chi connectivity index (χ2n) is 4.27. The molecule has 0 amide bonds. The summed E-state index contributed by atoms with van der Waals surface area (Å²) in [5, 5.41) is 10.00. The van der Waals surface area contributed by atoms with Gasteiger partial charge in [0.2, 0.25) is 0 Å². The zero-order chi connectivity index (χ0) is 15.8. The van der Waals surface area contributed by atoms with Crippen LogP contribution in [-0.4, -0.2) is 5.11 Å². The number of hydrogen-bond acceptors (Lipinski definition) is 1. The average molecular weight is 367 g/mol. The van der Waals surface area contributed by atoms with Gasteiger partial charge < -0.3 is 5.11 Å². The highest BCUT2D eigenvalue weighted by Crippen LogP contribution is 2.36. The fourth-order valence-electron chi connectivity index (χ4n) is 1.87. The number of halogens is 6. The molecule has 0 saturated carbocycles. The van der Waals surface area contributed by atoms with Gasteiger partial charge in [-0.1, -0.05) is 28.1 Å². The van der Waals surface area contributed by atoms with Crippen LogP contribution in [0.4, 0.5) is 22.0 Å². The predicted molar refractivity (Wildman–Crippen MR) is 69.6 cm³/mol. The monoisotopic (exact) mass is 366 g/mol. The van der Waals surface area contributed by atoms with E-state index in [1.54, 1.807) is 0 Å². The van der Waals surface area contributed by atoms with Gasteiger partial charge in [0.25, 0.3) is 0 Å². The first-order valence-corrected chi connectivity index (χ1v) is 6.49. The van der Waals surface area contributed by atoms with Crippen molar-refractivity contribution in [3.8, 4) is 0 Å². The fraction of sp³-hybridized carbons (Fsp3) is 0.143. The summed E-state index contributed by atoms with van der Waals surface area (Å²) < 4.78 is 65.9. The average Bonchev–Trinajstić information content (AvgIpc) is 2.39. The van der Waals surface area contributed by atoms with Crippen molar-refractivity contribution in [2.24, 2.45) is 0 Å². The lowest BCUT2D eigenvalue weighted by Gasteiger charge is -2.16. The maximum Gasteiger partial charge on any atom is 0.419 e. The van der Waals surface area contributed by atoms with Crippen molar-refractivity contribution < 1.29 is 27.1 Å². The maximum atomic E-state index is 13.9. The Morgan fingerprint density at radius 1 is 1.00 bits per heavy atom. The highest BCUT2D eigenvalue weighted by Gasteiger charge is 2.36. The van der Waals surface area contributed by atoms with Gasteiger partial charge in [0.05, 0.1) is 5.56 Å². The van der Waals surface area contributed by atoms with Crippen LogP contribution in [0.1, 0.15) is 22.8 Å². The largest absolute Gasteiger partial charge is 0.419 e. The van der Waals surface area contributed by atoms with Crippen molar-refractivity contribution in [3.63, 3.8) is 0 Å². The third-order valence-corrected chi connectivity index (χ3v) is 3.37. The normalized spacial score (nSPS) is 13.3. The Kier molecular flexibility index (Phi) is 4.34. The molecule has 2 aromatic rings. The van der Waals surface area contributed by atoms with Gasteiger partial charge >= 0.3 is 6.18 Å². The van der Waals surface area contributed by atoms with E-state index in [1.165, 1.54) is 12.1 Å². The van der Waals surface area contributed by atoms with Crippen LogP contribution in [0.25, 0.3) is 0 Å². The van der Waals surface area contributed by atoms with Crippen LogP contribution in [0.3, 0.4) is 0 Å². The molecule has 0 saturated heterocycles. The molecule has 0 fully saturated rings. The smallest absolute Gasteiger partial charge is 0.383 e. The Hall–Kier alpha value is -1.47. The van der Waals surface area contributed by atoms with Gasteiger partial charge in [0, 0.05) is 15.6 Å². The molecule has 0 aliphatic rings. The molecule has 0 aromatic heterocycles. The molecule has 0 radical (unpaired) electrons. The quantitative estimate of drug-likeness (QED) is 0.755. The van der Waals surface area contributed by atoms with Gasteiger partial charge in [-0.25, -0.2) is 8.78 Å². The van der Waals surface area contributed by atoms with Crippen LogP contribution in [-0.2, 0) is 6.18 Å². The molecule has 7 heteroatoms. The van der Waals surface area contributed by atoms with Crippen LogP contribution in [0.5, 0.6) is 0 Å². The Labute approximate surface area is 125 Å². The van der Waals surface area contributed by atoms with Crippen molar-refractivity contribution in [2.45, 2.75) is 12.3 Å². The number of aliphatic hydroxyl groups is 1. The molecule has 21 heavy (non-hydrogen) atoms. The van der Waals surface area contributed by atoms with Crippen LogP contribution < -0.4 is 0 Å². The van der Waals surface area contributed by atoms with Crippen LogP contribution >= 0.6 is 15.9 Å². The van der Waals surface area contributed by atoms with Gasteiger partial charge in [0.15, 0.2) is 0 Å². The minimum Gasteiger partial charge on any atom is -0.383 e. The lowest BCUT2D eigenvalue weighted by Crippen LogP contribution is -2.12. The first-order valence-electron chi connectivity index (χ1n) is 5.70. The number of aliphatic hydroxyl groups excluding tert-OH is 1. The van der Waals surface area contributed by atoms with Gasteiger partial charge in [-0.3, -0.25) is 0 Å². The van der Waals surface area contributed by atoms with Gasteiger partial charge in [-0.15, -0.1) is 0 Å². The summed E-state index contributed by atoms with van der Waals surface area (Å²) in [7, 11) is 0. The summed E-state index contributed by atoms with van der Waals surface area (Å²) in [5.74, 6) is -2.46. The van der Waals surface area contributed by atoms with Crippen molar-refractivity contribution in [2.75, 3.05) is 0 Å². The first kappa shape index (κ1) is 15.9. The van der Waals surface area contributed by atoms with Gasteiger partial charge in [-0.2, -0.15) is 13.2 Å². The standard InChI is InChI=1S/C14H8BrF5O/c15-7-4-5-11(16)9(6-7)13(21)8-2-1-3-10(12(8)17)14(18,19)20/h1-6,13,21H. The molecule has 0 spiro atoms. The minimum atomic E-state index is -4.89. The molecule has 0 bridgehead atoms. The van der Waals surface area contributed by atoms with Gasteiger partial charge in [0.1, 0.15) is 17.7 Å². The molecular weight excluding hydrogens is 359 g/mol. The molecule has 1 unspecified atom stereocenters. The van der Waals surface area contributed by atoms with E-state index in [0.29, 0.717) is 10.5 Å². The number of rotatable bonds is 2. The summed E-state index contributed by atoms with van der Waals surface area (Å²) in [6.45, 7) is 0. The van der Waals surface area contributed by atoms with Crippen molar-refractivity contribution >= 4 is 15.9 Å². The van der Waals surface area contributed by atoms with E-state index >= 15 is 0 Å². The molecule has 0 aliphatic heterocycles. The second-order valence-corrected chi connectivity index (χ2v) is 5.19. The van der Waals surface area contributed by atoms with Crippen LogP contribution in [0, 0.1) is 11.6 Å². The third kappa shape index (κ3) is 3.24. The maximum absolute atomic E-state index is 13.9. The Bertz CT molecular complexity index is 669. The van der Waals surface area contributed by atoms with Crippen molar-refractivity contribution in [1.29, 1.82) is 0 Å². The van der Waals surface area contributed by atoms with E-state index in [1.807, 2.05) is 0 Å². The summed E-state index contributed by atoms with van der Waals surface area (Å²) in [5.41, 5.74) is -2.46. The van der Waals surface area contributed by atoms with Crippen LogP contribution in [0.2, 0.25) is 0 Å².